The molecule has 2 unspecified atom stereocenters. The van der Waals surface area contributed by atoms with Crippen LogP contribution in [0.4, 0.5) is 5.69 Å². The number of nitrogens with zero attached hydrogens (tertiary/aromatic N) is 3. The number of halogens is 2. The molecule has 23 heavy (non-hydrogen) atoms. The van der Waals surface area contributed by atoms with Gasteiger partial charge in [-0.3, -0.25) is 0 Å². The van der Waals surface area contributed by atoms with Gasteiger partial charge in [0.2, 0.25) is 0 Å². The van der Waals surface area contributed by atoms with Gasteiger partial charge in [-0.1, -0.05) is 53.5 Å². The molecule has 0 saturated carbocycles. The number of rotatable bonds is 5. The van der Waals surface area contributed by atoms with Gasteiger partial charge < -0.3 is 5.32 Å². The second-order valence-corrected chi connectivity index (χ2v) is 6.12. The third kappa shape index (κ3) is 3.66. The maximum absolute atomic E-state index is 6.31. The smallest absolute Gasteiger partial charge is 0.137 e. The summed E-state index contributed by atoms with van der Waals surface area (Å²) in [6.45, 7) is 2.09. The topological polar surface area (TPSA) is 42.7 Å². The highest BCUT2D eigenvalue weighted by molar-refractivity contribution is 6.36. The zero-order valence-corrected chi connectivity index (χ0v) is 14.0. The van der Waals surface area contributed by atoms with E-state index in [1.54, 1.807) is 12.4 Å². The SMILES string of the molecule is CC(C(Nc1ccc(Cl)cc1Cl)c1ccccc1)n1cncn1. The average molecular weight is 347 g/mol. The lowest BCUT2D eigenvalue weighted by molar-refractivity contribution is 0.433. The second kappa shape index (κ2) is 7.02. The molecule has 0 spiro atoms. The Morgan fingerprint density at radius 2 is 1.87 bits per heavy atom. The fourth-order valence-corrected chi connectivity index (χ4v) is 2.96. The molecule has 0 aliphatic carbocycles. The summed E-state index contributed by atoms with van der Waals surface area (Å²) in [4.78, 5) is 4.04. The molecule has 3 aromatic rings. The normalized spacial score (nSPS) is 13.5. The van der Waals surface area contributed by atoms with Crippen LogP contribution in [0.1, 0.15) is 24.6 Å². The number of nitrogens with one attached hydrogen (secondary N) is 1. The van der Waals surface area contributed by atoms with E-state index in [0.29, 0.717) is 10.0 Å². The van der Waals surface area contributed by atoms with Gasteiger partial charge in [-0.05, 0) is 30.7 Å². The molecule has 3 rings (SSSR count). The van der Waals surface area contributed by atoms with Crippen molar-refractivity contribution in [3.63, 3.8) is 0 Å². The number of aromatic nitrogens is 3. The zero-order chi connectivity index (χ0) is 16.2. The van der Waals surface area contributed by atoms with Crippen LogP contribution in [0.5, 0.6) is 0 Å². The number of benzene rings is 2. The van der Waals surface area contributed by atoms with Crippen LogP contribution in [-0.4, -0.2) is 14.8 Å². The highest BCUT2D eigenvalue weighted by atomic mass is 35.5. The number of anilines is 1. The number of hydrogen-bond acceptors (Lipinski definition) is 3. The van der Waals surface area contributed by atoms with Gasteiger partial charge in [0.15, 0.2) is 0 Å². The fourth-order valence-electron chi connectivity index (χ4n) is 2.50. The molecule has 1 heterocycles. The summed E-state index contributed by atoms with van der Waals surface area (Å²) in [6, 6.07) is 15.6. The van der Waals surface area contributed by atoms with Crippen LogP contribution in [0.15, 0.2) is 61.2 Å². The van der Waals surface area contributed by atoms with Crippen LogP contribution in [0.2, 0.25) is 10.0 Å². The third-order valence-corrected chi connectivity index (χ3v) is 4.28. The van der Waals surface area contributed by atoms with Crippen LogP contribution >= 0.6 is 23.2 Å². The van der Waals surface area contributed by atoms with E-state index in [-0.39, 0.29) is 12.1 Å². The first-order valence-electron chi connectivity index (χ1n) is 7.26. The molecule has 2 atom stereocenters. The van der Waals surface area contributed by atoms with E-state index >= 15 is 0 Å². The Bertz CT molecular complexity index is 760. The van der Waals surface area contributed by atoms with E-state index in [1.807, 2.05) is 35.0 Å². The maximum atomic E-state index is 6.31. The summed E-state index contributed by atoms with van der Waals surface area (Å²) in [5, 5.41) is 8.95. The molecule has 0 aliphatic heterocycles. The van der Waals surface area contributed by atoms with Crippen molar-refractivity contribution < 1.29 is 0 Å². The molecule has 0 bridgehead atoms. The molecule has 2 aromatic carbocycles. The van der Waals surface area contributed by atoms with Gasteiger partial charge in [0.1, 0.15) is 12.7 Å². The van der Waals surface area contributed by atoms with Crippen molar-refractivity contribution in [2.24, 2.45) is 0 Å². The van der Waals surface area contributed by atoms with Crippen molar-refractivity contribution in [2.45, 2.75) is 19.0 Å². The highest BCUT2D eigenvalue weighted by Crippen LogP contribution is 2.33. The molecule has 6 heteroatoms. The van der Waals surface area contributed by atoms with E-state index in [1.165, 1.54) is 6.33 Å². The van der Waals surface area contributed by atoms with Crippen molar-refractivity contribution in [3.05, 3.63) is 76.8 Å². The Kier molecular flexibility index (Phi) is 4.84. The summed E-state index contributed by atoms with van der Waals surface area (Å²) < 4.78 is 1.83. The zero-order valence-electron chi connectivity index (χ0n) is 12.5. The van der Waals surface area contributed by atoms with Gasteiger partial charge in [0, 0.05) is 5.02 Å². The molecule has 1 N–H and O–H groups in total. The molecule has 0 fully saturated rings. The van der Waals surface area contributed by atoms with Gasteiger partial charge in [-0.25, -0.2) is 9.67 Å². The van der Waals surface area contributed by atoms with Crippen LogP contribution in [0, 0.1) is 0 Å². The van der Waals surface area contributed by atoms with Crippen LogP contribution in [0.25, 0.3) is 0 Å². The Morgan fingerprint density at radius 1 is 1.09 bits per heavy atom. The minimum absolute atomic E-state index is 0.0171. The van der Waals surface area contributed by atoms with Gasteiger partial charge in [0.25, 0.3) is 0 Å². The first kappa shape index (κ1) is 15.8. The first-order chi connectivity index (χ1) is 11.1. The van der Waals surface area contributed by atoms with E-state index in [4.69, 9.17) is 23.2 Å². The van der Waals surface area contributed by atoms with Gasteiger partial charge in [-0.15, -0.1) is 0 Å². The van der Waals surface area contributed by atoms with Crippen molar-refractivity contribution in [1.82, 2.24) is 14.8 Å². The Balaban J connectivity index is 1.95. The average Bonchev–Trinajstić information content (AvgIpc) is 3.09. The van der Waals surface area contributed by atoms with E-state index < -0.39 is 0 Å². The van der Waals surface area contributed by atoms with Crippen molar-refractivity contribution in [1.29, 1.82) is 0 Å². The van der Waals surface area contributed by atoms with Crippen molar-refractivity contribution >= 4 is 28.9 Å². The summed E-state index contributed by atoms with van der Waals surface area (Å²) in [7, 11) is 0. The van der Waals surface area contributed by atoms with Crippen molar-refractivity contribution in [3.8, 4) is 0 Å². The predicted octanol–water partition coefficient (Wildman–Crippen LogP) is 5.00. The fraction of sp³-hybridized carbons (Fsp3) is 0.176. The molecule has 0 saturated heterocycles. The minimum atomic E-state index is -0.0171. The summed E-state index contributed by atoms with van der Waals surface area (Å²) >= 11 is 12.3. The third-order valence-electron chi connectivity index (χ3n) is 3.74. The summed E-state index contributed by atoms with van der Waals surface area (Å²) in [5.41, 5.74) is 1.97. The molecule has 4 nitrogen and oxygen atoms in total. The van der Waals surface area contributed by atoms with E-state index in [9.17, 15) is 0 Å². The Labute approximate surface area is 145 Å². The van der Waals surface area contributed by atoms with Crippen LogP contribution in [-0.2, 0) is 0 Å². The monoisotopic (exact) mass is 346 g/mol. The first-order valence-corrected chi connectivity index (χ1v) is 8.01. The molecule has 118 valence electrons. The van der Waals surface area contributed by atoms with Crippen LogP contribution in [0.3, 0.4) is 0 Å². The summed E-state index contributed by atoms with van der Waals surface area (Å²) in [5.74, 6) is 0. The van der Waals surface area contributed by atoms with Gasteiger partial charge in [-0.2, -0.15) is 5.10 Å². The quantitative estimate of drug-likeness (QED) is 0.706. The highest BCUT2D eigenvalue weighted by Gasteiger charge is 2.22. The lowest BCUT2D eigenvalue weighted by atomic mass is 10.00. The largest absolute Gasteiger partial charge is 0.375 e. The van der Waals surface area contributed by atoms with Gasteiger partial charge >= 0.3 is 0 Å². The molecule has 0 radical (unpaired) electrons. The van der Waals surface area contributed by atoms with Crippen LogP contribution < -0.4 is 5.32 Å². The second-order valence-electron chi connectivity index (χ2n) is 5.27. The summed E-state index contributed by atoms with van der Waals surface area (Å²) in [6.07, 6.45) is 3.25. The van der Waals surface area contributed by atoms with Crippen molar-refractivity contribution in [2.75, 3.05) is 5.32 Å². The molecule has 1 aromatic heterocycles. The lowest BCUT2D eigenvalue weighted by Crippen LogP contribution is -2.22. The van der Waals surface area contributed by atoms with Gasteiger partial charge in [0.05, 0.1) is 22.8 Å². The Hall–Kier alpha value is -2.04. The Morgan fingerprint density at radius 3 is 2.52 bits per heavy atom. The minimum Gasteiger partial charge on any atom is -0.375 e. The maximum Gasteiger partial charge on any atom is 0.137 e. The van der Waals surface area contributed by atoms with E-state index in [2.05, 4.69) is 34.5 Å². The molecular weight excluding hydrogens is 331 g/mol. The molecule has 0 amide bonds. The standard InChI is InChI=1S/C17H16Cl2N4/c1-12(23-11-20-10-21-23)17(13-5-3-2-4-6-13)22-16-8-7-14(18)9-15(16)19/h2-12,17,22H,1H3. The lowest BCUT2D eigenvalue weighted by Gasteiger charge is -2.27. The number of hydrogen-bond donors (Lipinski definition) is 1. The predicted molar refractivity (Wildman–Crippen MR) is 94.0 cm³/mol. The molecular formula is C17H16Cl2N4. The molecule has 0 aliphatic rings. The van der Waals surface area contributed by atoms with E-state index in [0.717, 1.165) is 11.3 Å².